The molecule has 1 saturated heterocycles. The zero-order valence-electron chi connectivity index (χ0n) is 14.2. The fraction of sp³-hybridized carbons (Fsp3) is 0.588. The predicted octanol–water partition coefficient (Wildman–Crippen LogP) is 2.32. The van der Waals surface area contributed by atoms with Crippen molar-refractivity contribution in [2.24, 2.45) is 0 Å². The van der Waals surface area contributed by atoms with Crippen LogP contribution in [0.2, 0.25) is 0 Å². The van der Waals surface area contributed by atoms with Gasteiger partial charge in [-0.3, -0.25) is 5.32 Å². The van der Waals surface area contributed by atoms with Crippen LogP contribution in [0.5, 0.6) is 5.75 Å². The number of hydrogen-bond acceptors (Lipinski definition) is 5. The maximum atomic E-state index is 11.2. The molecule has 0 bridgehead atoms. The Morgan fingerprint density at radius 3 is 2.52 bits per heavy atom. The molecule has 0 saturated carbocycles. The number of rotatable bonds is 6. The fourth-order valence-corrected chi connectivity index (χ4v) is 2.51. The number of nitrogens with zero attached hydrogens (tertiary/aromatic N) is 1. The number of piperazine rings is 1. The van der Waals surface area contributed by atoms with Gasteiger partial charge in [-0.1, -0.05) is 0 Å². The lowest BCUT2D eigenvalue weighted by Gasteiger charge is -2.32. The third-order valence-electron chi connectivity index (χ3n) is 3.92. The van der Waals surface area contributed by atoms with Crippen LogP contribution >= 0.6 is 0 Å². The molecule has 0 aromatic heterocycles. The summed E-state index contributed by atoms with van der Waals surface area (Å²) in [5.74, 6) is 0.797. The first-order valence-corrected chi connectivity index (χ1v) is 8.06. The van der Waals surface area contributed by atoms with E-state index in [0.29, 0.717) is 5.69 Å². The van der Waals surface area contributed by atoms with Crippen LogP contribution in [0, 0.1) is 0 Å². The number of benzene rings is 1. The molecular weight excluding hydrogens is 294 g/mol. The number of carbonyl (C=O) groups is 1. The molecule has 0 aliphatic carbocycles. The summed E-state index contributed by atoms with van der Waals surface area (Å²) < 4.78 is 10.7. The van der Waals surface area contributed by atoms with E-state index in [2.05, 4.69) is 34.1 Å². The molecule has 1 amide bonds. The van der Waals surface area contributed by atoms with Crippen LogP contribution in [-0.4, -0.2) is 56.4 Å². The van der Waals surface area contributed by atoms with Gasteiger partial charge in [0.25, 0.3) is 0 Å². The second-order valence-corrected chi connectivity index (χ2v) is 6.34. The van der Waals surface area contributed by atoms with Crippen molar-refractivity contribution in [1.82, 2.24) is 10.2 Å². The third kappa shape index (κ3) is 6.08. The Hall–Kier alpha value is -1.79. The van der Waals surface area contributed by atoms with Gasteiger partial charge in [0.2, 0.25) is 0 Å². The monoisotopic (exact) mass is 321 g/mol. The van der Waals surface area contributed by atoms with Crippen LogP contribution in [0.15, 0.2) is 24.3 Å². The van der Waals surface area contributed by atoms with Gasteiger partial charge in [0.05, 0.1) is 7.11 Å². The molecule has 1 aromatic rings. The van der Waals surface area contributed by atoms with Crippen molar-refractivity contribution < 1.29 is 14.3 Å². The topological polar surface area (TPSA) is 62.8 Å². The van der Waals surface area contributed by atoms with Gasteiger partial charge in [-0.2, -0.15) is 0 Å². The highest BCUT2D eigenvalue weighted by Crippen LogP contribution is 2.23. The van der Waals surface area contributed by atoms with E-state index in [1.54, 1.807) is 12.1 Å². The number of amides is 1. The average Bonchev–Trinajstić information content (AvgIpc) is 2.55. The molecule has 0 spiro atoms. The molecule has 23 heavy (non-hydrogen) atoms. The maximum Gasteiger partial charge on any atom is 0.411 e. The summed E-state index contributed by atoms with van der Waals surface area (Å²) in [6.45, 7) is 9.59. The Labute approximate surface area is 138 Å². The first kappa shape index (κ1) is 17.6. The third-order valence-corrected chi connectivity index (χ3v) is 3.92. The van der Waals surface area contributed by atoms with Crippen LogP contribution < -0.4 is 15.4 Å². The molecule has 2 rings (SSSR count). The summed E-state index contributed by atoms with van der Waals surface area (Å²) in [4.78, 5) is 13.6. The van der Waals surface area contributed by atoms with Crippen molar-refractivity contribution in [3.63, 3.8) is 0 Å². The van der Waals surface area contributed by atoms with E-state index in [9.17, 15) is 4.79 Å². The Balaban J connectivity index is 1.82. The van der Waals surface area contributed by atoms with Crippen LogP contribution in [0.3, 0.4) is 0 Å². The second kappa shape index (κ2) is 8.17. The van der Waals surface area contributed by atoms with Crippen molar-refractivity contribution in [2.75, 3.05) is 45.2 Å². The second-order valence-electron chi connectivity index (χ2n) is 6.34. The fourth-order valence-electron chi connectivity index (χ4n) is 2.51. The lowest BCUT2D eigenvalue weighted by atomic mass is 10.0. The summed E-state index contributed by atoms with van der Waals surface area (Å²) in [6, 6.07) is 7.33. The van der Waals surface area contributed by atoms with Gasteiger partial charge in [0, 0.05) is 38.4 Å². The van der Waals surface area contributed by atoms with Crippen LogP contribution in [-0.2, 0) is 4.74 Å². The minimum absolute atomic E-state index is 0.234. The molecule has 1 fully saturated rings. The molecule has 2 N–H and O–H groups in total. The molecule has 128 valence electrons. The van der Waals surface area contributed by atoms with E-state index in [1.807, 2.05) is 12.1 Å². The molecule has 6 heteroatoms. The van der Waals surface area contributed by atoms with E-state index in [1.165, 1.54) is 7.11 Å². The van der Waals surface area contributed by atoms with Gasteiger partial charge in [0.15, 0.2) is 0 Å². The molecule has 1 aliphatic heterocycles. The summed E-state index contributed by atoms with van der Waals surface area (Å²) in [7, 11) is 1.34. The van der Waals surface area contributed by atoms with Crippen LogP contribution in [0.25, 0.3) is 0 Å². The SMILES string of the molecule is COC(=O)Nc1ccc(OC(C)(C)CCN2CCNCC2)cc1. The molecule has 1 aliphatic rings. The quantitative estimate of drug-likeness (QED) is 0.842. The normalized spacial score (nSPS) is 16.0. The molecule has 6 nitrogen and oxygen atoms in total. The van der Waals surface area contributed by atoms with E-state index in [-0.39, 0.29) is 5.60 Å². The first-order valence-electron chi connectivity index (χ1n) is 8.06. The molecular formula is C17H27N3O3. The smallest absolute Gasteiger partial charge is 0.411 e. The number of carbonyl (C=O) groups excluding carboxylic acids is 1. The summed E-state index contributed by atoms with van der Waals surface area (Å²) in [6.07, 6.45) is 0.491. The highest BCUT2D eigenvalue weighted by Gasteiger charge is 2.22. The van der Waals surface area contributed by atoms with Crippen LogP contribution in [0.1, 0.15) is 20.3 Å². The molecule has 0 unspecified atom stereocenters. The number of anilines is 1. The van der Waals surface area contributed by atoms with Crippen molar-refractivity contribution >= 4 is 11.8 Å². The van der Waals surface area contributed by atoms with Gasteiger partial charge >= 0.3 is 6.09 Å². The minimum atomic E-state index is -0.477. The highest BCUT2D eigenvalue weighted by molar-refractivity contribution is 5.84. The van der Waals surface area contributed by atoms with Gasteiger partial charge in [-0.15, -0.1) is 0 Å². The zero-order chi connectivity index (χ0) is 16.7. The van der Waals surface area contributed by atoms with Gasteiger partial charge in [0.1, 0.15) is 11.4 Å². The molecule has 1 aromatic carbocycles. The molecule has 0 atom stereocenters. The van der Waals surface area contributed by atoms with Crippen LogP contribution in [0.4, 0.5) is 10.5 Å². The lowest BCUT2D eigenvalue weighted by molar-refractivity contribution is 0.0809. The zero-order valence-corrected chi connectivity index (χ0v) is 14.2. The van der Waals surface area contributed by atoms with Crippen molar-refractivity contribution in [3.05, 3.63) is 24.3 Å². The summed E-state index contributed by atoms with van der Waals surface area (Å²) in [5.41, 5.74) is 0.449. The van der Waals surface area contributed by atoms with E-state index in [0.717, 1.165) is 44.9 Å². The van der Waals surface area contributed by atoms with E-state index < -0.39 is 6.09 Å². The standard InChI is InChI=1S/C17H27N3O3/c1-17(2,8-11-20-12-9-18-10-13-20)23-15-6-4-14(5-7-15)19-16(21)22-3/h4-7,18H,8-13H2,1-3H3,(H,19,21). The number of hydrogen-bond donors (Lipinski definition) is 2. The van der Waals surface area contributed by atoms with Crippen molar-refractivity contribution in [1.29, 1.82) is 0 Å². The first-order chi connectivity index (χ1) is 11.0. The molecule has 0 radical (unpaired) electrons. The average molecular weight is 321 g/mol. The predicted molar refractivity (Wildman–Crippen MR) is 91.1 cm³/mol. The Kier molecular flexibility index (Phi) is 6.24. The lowest BCUT2D eigenvalue weighted by Crippen LogP contribution is -2.45. The van der Waals surface area contributed by atoms with E-state index >= 15 is 0 Å². The Morgan fingerprint density at radius 2 is 1.91 bits per heavy atom. The van der Waals surface area contributed by atoms with E-state index in [4.69, 9.17) is 4.74 Å². The minimum Gasteiger partial charge on any atom is -0.488 e. The maximum absolute atomic E-state index is 11.2. The van der Waals surface area contributed by atoms with Gasteiger partial charge in [-0.05, 0) is 44.5 Å². The van der Waals surface area contributed by atoms with Crippen molar-refractivity contribution in [3.8, 4) is 5.75 Å². The highest BCUT2D eigenvalue weighted by atomic mass is 16.5. The Bertz CT molecular complexity index is 496. The summed E-state index contributed by atoms with van der Waals surface area (Å²) >= 11 is 0. The van der Waals surface area contributed by atoms with Crippen molar-refractivity contribution in [2.45, 2.75) is 25.9 Å². The molecule has 1 heterocycles. The van der Waals surface area contributed by atoms with Gasteiger partial charge < -0.3 is 19.7 Å². The largest absolute Gasteiger partial charge is 0.488 e. The number of methoxy groups -OCH3 is 1. The number of ether oxygens (including phenoxy) is 2. The Morgan fingerprint density at radius 1 is 1.26 bits per heavy atom. The number of nitrogens with one attached hydrogen (secondary N) is 2. The van der Waals surface area contributed by atoms with Gasteiger partial charge in [-0.25, -0.2) is 4.79 Å². The summed E-state index contributed by atoms with van der Waals surface area (Å²) in [5, 5.41) is 5.98.